The molecule has 0 bridgehead atoms. The van der Waals surface area contributed by atoms with E-state index in [1.807, 2.05) is 30.3 Å². The molecule has 2 rings (SSSR count). The van der Waals surface area contributed by atoms with Crippen LogP contribution in [0.4, 0.5) is 0 Å². The molecule has 0 heterocycles. The SMILES string of the molecule is CC(C)N(CC=C(c1ccccc1)c1cc(Br)ccc1O)C(C)C. The van der Waals surface area contributed by atoms with Crippen LogP contribution in [0.1, 0.15) is 38.8 Å². The zero-order chi connectivity index (χ0) is 17.7. The van der Waals surface area contributed by atoms with Crippen LogP contribution in [0.25, 0.3) is 5.57 Å². The molecule has 0 amide bonds. The van der Waals surface area contributed by atoms with Crippen molar-refractivity contribution in [3.63, 3.8) is 0 Å². The van der Waals surface area contributed by atoms with Crippen LogP contribution >= 0.6 is 15.9 Å². The van der Waals surface area contributed by atoms with Crippen molar-refractivity contribution in [3.8, 4) is 5.75 Å². The molecule has 0 aliphatic heterocycles. The zero-order valence-corrected chi connectivity index (χ0v) is 16.4. The predicted molar refractivity (Wildman–Crippen MR) is 106 cm³/mol. The molecule has 0 unspecified atom stereocenters. The van der Waals surface area contributed by atoms with Gasteiger partial charge >= 0.3 is 0 Å². The van der Waals surface area contributed by atoms with E-state index in [1.165, 1.54) is 0 Å². The second-order valence-corrected chi connectivity index (χ2v) is 7.45. The van der Waals surface area contributed by atoms with Crippen molar-refractivity contribution in [3.05, 3.63) is 70.2 Å². The fraction of sp³-hybridized carbons (Fsp3) is 0.333. The molecule has 0 spiro atoms. The Bertz CT molecular complexity index is 684. The van der Waals surface area contributed by atoms with Crippen molar-refractivity contribution in [2.75, 3.05) is 6.54 Å². The molecular formula is C21H26BrNO. The number of hydrogen-bond acceptors (Lipinski definition) is 2. The van der Waals surface area contributed by atoms with Crippen molar-refractivity contribution < 1.29 is 5.11 Å². The number of nitrogens with zero attached hydrogens (tertiary/aromatic N) is 1. The molecule has 0 saturated heterocycles. The quantitative estimate of drug-likeness (QED) is 0.686. The van der Waals surface area contributed by atoms with Gasteiger partial charge < -0.3 is 5.11 Å². The van der Waals surface area contributed by atoms with E-state index >= 15 is 0 Å². The highest BCUT2D eigenvalue weighted by molar-refractivity contribution is 9.10. The van der Waals surface area contributed by atoms with Crippen LogP contribution in [0.2, 0.25) is 0 Å². The Labute approximate surface area is 154 Å². The van der Waals surface area contributed by atoms with Crippen molar-refractivity contribution in [2.45, 2.75) is 39.8 Å². The second kappa shape index (κ2) is 8.50. The molecular weight excluding hydrogens is 362 g/mol. The molecule has 2 aromatic carbocycles. The van der Waals surface area contributed by atoms with E-state index in [9.17, 15) is 5.11 Å². The molecule has 0 radical (unpaired) electrons. The predicted octanol–water partition coefficient (Wildman–Crippen LogP) is 5.71. The summed E-state index contributed by atoms with van der Waals surface area (Å²) in [6.07, 6.45) is 2.22. The van der Waals surface area contributed by atoms with Gasteiger partial charge in [-0.3, -0.25) is 4.90 Å². The van der Waals surface area contributed by atoms with Crippen LogP contribution in [0.15, 0.2) is 59.1 Å². The van der Waals surface area contributed by atoms with Crippen LogP contribution in [-0.2, 0) is 0 Å². The van der Waals surface area contributed by atoms with E-state index in [4.69, 9.17) is 0 Å². The van der Waals surface area contributed by atoms with Gasteiger partial charge in [-0.15, -0.1) is 0 Å². The largest absolute Gasteiger partial charge is 0.507 e. The number of halogens is 1. The van der Waals surface area contributed by atoms with Gasteiger partial charge in [0.05, 0.1) is 0 Å². The standard InChI is InChI=1S/C21H26BrNO/c1-15(2)23(16(3)4)13-12-19(17-8-6-5-7-9-17)20-14-18(22)10-11-21(20)24/h5-12,14-16,24H,13H2,1-4H3. The number of aromatic hydroxyl groups is 1. The lowest BCUT2D eigenvalue weighted by atomic mass is 9.96. The Kier molecular flexibility index (Phi) is 6.64. The van der Waals surface area contributed by atoms with Gasteiger partial charge in [0.15, 0.2) is 0 Å². The highest BCUT2D eigenvalue weighted by Crippen LogP contribution is 2.32. The highest BCUT2D eigenvalue weighted by Gasteiger charge is 2.14. The summed E-state index contributed by atoms with van der Waals surface area (Å²) in [6.45, 7) is 9.70. The number of rotatable bonds is 6. The lowest BCUT2D eigenvalue weighted by Crippen LogP contribution is -2.37. The van der Waals surface area contributed by atoms with E-state index < -0.39 is 0 Å². The smallest absolute Gasteiger partial charge is 0.123 e. The first-order chi connectivity index (χ1) is 11.4. The topological polar surface area (TPSA) is 23.5 Å². The molecule has 0 aliphatic rings. The minimum atomic E-state index is 0.300. The van der Waals surface area contributed by atoms with E-state index in [0.29, 0.717) is 17.8 Å². The van der Waals surface area contributed by atoms with Gasteiger partial charge in [0.2, 0.25) is 0 Å². The fourth-order valence-corrected chi connectivity index (χ4v) is 3.30. The summed E-state index contributed by atoms with van der Waals surface area (Å²) >= 11 is 3.51. The van der Waals surface area contributed by atoms with Gasteiger partial charge in [0.1, 0.15) is 5.75 Å². The van der Waals surface area contributed by atoms with E-state index in [-0.39, 0.29) is 0 Å². The second-order valence-electron chi connectivity index (χ2n) is 6.53. The van der Waals surface area contributed by atoms with Gasteiger partial charge in [0.25, 0.3) is 0 Å². The molecule has 128 valence electrons. The third-order valence-electron chi connectivity index (χ3n) is 4.17. The molecule has 1 N–H and O–H groups in total. The van der Waals surface area contributed by atoms with Crippen LogP contribution in [0.3, 0.4) is 0 Å². The average Bonchev–Trinajstić information content (AvgIpc) is 2.54. The summed E-state index contributed by atoms with van der Waals surface area (Å²) in [6, 6.07) is 16.7. The van der Waals surface area contributed by atoms with Crippen molar-refractivity contribution in [2.24, 2.45) is 0 Å². The van der Waals surface area contributed by atoms with Crippen LogP contribution in [-0.4, -0.2) is 28.6 Å². The fourth-order valence-electron chi connectivity index (χ4n) is 2.94. The number of phenols is 1. The normalized spacial score (nSPS) is 12.4. The van der Waals surface area contributed by atoms with Gasteiger partial charge in [-0.1, -0.05) is 52.3 Å². The first kappa shape index (κ1) is 18.8. The van der Waals surface area contributed by atoms with Crippen molar-refractivity contribution >= 4 is 21.5 Å². The Morgan fingerprint density at radius 2 is 1.67 bits per heavy atom. The molecule has 0 aliphatic carbocycles. The maximum Gasteiger partial charge on any atom is 0.123 e. The van der Waals surface area contributed by atoms with Gasteiger partial charge in [-0.05, 0) is 57.0 Å². The minimum Gasteiger partial charge on any atom is -0.507 e. The summed E-state index contributed by atoms with van der Waals surface area (Å²) < 4.78 is 0.960. The summed E-state index contributed by atoms with van der Waals surface area (Å²) in [5.74, 6) is 0.300. The molecule has 0 saturated carbocycles. The highest BCUT2D eigenvalue weighted by atomic mass is 79.9. The third kappa shape index (κ3) is 4.71. The average molecular weight is 388 g/mol. The molecule has 3 heteroatoms. The maximum atomic E-state index is 10.4. The number of phenolic OH excluding ortho intramolecular Hbond substituents is 1. The Morgan fingerprint density at radius 1 is 1.04 bits per heavy atom. The maximum absolute atomic E-state index is 10.4. The number of hydrogen-bond donors (Lipinski definition) is 1. The minimum absolute atomic E-state index is 0.300. The zero-order valence-electron chi connectivity index (χ0n) is 14.8. The van der Waals surface area contributed by atoms with Gasteiger partial charge in [-0.25, -0.2) is 0 Å². The van der Waals surface area contributed by atoms with Crippen LogP contribution in [0.5, 0.6) is 5.75 Å². The number of benzene rings is 2. The Hall–Kier alpha value is -1.58. The van der Waals surface area contributed by atoms with Crippen molar-refractivity contribution in [1.29, 1.82) is 0 Å². The summed E-state index contributed by atoms with van der Waals surface area (Å²) in [7, 11) is 0. The first-order valence-corrected chi connectivity index (χ1v) is 9.19. The molecule has 2 aromatic rings. The Balaban J connectivity index is 2.48. The summed E-state index contributed by atoms with van der Waals surface area (Å²) in [4.78, 5) is 2.43. The van der Waals surface area contributed by atoms with E-state index in [2.05, 4.69) is 66.7 Å². The summed E-state index contributed by atoms with van der Waals surface area (Å²) in [5.41, 5.74) is 3.02. The van der Waals surface area contributed by atoms with E-state index in [0.717, 1.165) is 27.7 Å². The Morgan fingerprint density at radius 3 is 2.25 bits per heavy atom. The summed E-state index contributed by atoms with van der Waals surface area (Å²) in [5, 5.41) is 10.4. The lowest BCUT2D eigenvalue weighted by Gasteiger charge is -2.29. The van der Waals surface area contributed by atoms with Crippen LogP contribution in [0, 0.1) is 0 Å². The monoisotopic (exact) mass is 387 g/mol. The molecule has 0 atom stereocenters. The molecule has 2 nitrogen and oxygen atoms in total. The third-order valence-corrected chi connectivity index (χ3v) is 4.66. The van der Waals surface area contributed by atoms with Crippen molar-refractivity contribution in [1.82, 2.24) is 4.90 Å². The van der Waals surface area contributed by atoms with Gasteiger partial charge in [0, 0.05) is 28.7 Å². The first-order valence-electron chi connectivity index (χ1n) is 8.40. The molecule has 0 aromatic heterocycles. The van der Waals surface area contributed by atoms with E-state index in [1.54, 1.807) is 6.07 Å². The lowest BCUT2D eigenvalue weighted by molar-refractivity contribution is 0.196. The molecule has 0 fully saturated rings. The van der Waals surface area contributed by atoms with Crippen LogP contribution < -0.4 is 0 Å². The molecule has 24 heavy (non-hydrogen) atoms. The van der Waals surface area contributed by atoms with Gasteiger partial charge in [-0.2, -0.15) is 0 Å².